The Labute approximate surface area is 181 Å². The lowest BCUT2D eigenvalue weighted by Crippen LogP contribution is -2.44. The molecule has 168 valence electrons. The van der Waals surface area contributed by atoms with Crippen LogP contribution in [0.1, 0.15) is 63.9 Å². The number of carbonyl (C=O) groups is 1. The molecule has 0 radical (unpaired) electrons. The molecule has 1 amide bonds. The van der Waals surface area contributed by atoms with E-state index in [9.17, 15) is 4.79 Å². The predicted molar refractivity (Wildman–Crippen MR) is 119 cm³/mol. The quantitative estimate of drug-likeness (QED) is 0.521. The molecule has 0 saturated carbocycles. The van der Waals surface area contributed by atoms with E-state index in [1.54, 1.807) is 7.11 Å². The second-order valence-corrected chi connectivity index (χ2v) is 8.46. The molecule has 6 heteroatoms. The Balaban J connectivity index is 1.62. The van der Waals surface area contributed by atoms with Crippen molar-refractivity contribution in [2.75, 3.05) is 40.0 Å². The number of nitrogens with zero attached hydrogens (tertiary/aromatic N) is 1. The van der Waals surface area contributed by atoms with E-state index in [1.807, 2.05) is 12.1 Å². The summed E-state index contributed by atoms with van der Waals surface area (Å²) in [6.07, 6.45) is 9.67. The number of unbranched alkanes of at least 4 members (excludes halogenated alkanes) is 4. The maximum Gasteiger partial charge on any atom is 0.220 e. The minimum absolute atomic E-state index is 0.0820. The molecular weight excluding hydrogens is 380 g/mol. The fraction of sp³-hybridized carbons (Fsp3) is 0.708. The molecular formula is C24H38N2O4. The van der Waals surface area contributed by atoms with Crippen LogP contribution in [0.2, 0.25) is 0 Å². The van der Waals surface area contributed by atoms with Gasteiger partial charge in [-0.2, -0.15) is 0 Å². The summed E-state index contributed by atoms with van der Waals surface area (Å²) >= 11 is 0. The smallest absolute Gasteiger partial charge is 0.220 e. The molecule has 6 nitrogen and oxygen atoms in total. The lowest BCUT2D eigenvalue weighted by Gasteiger charge is -2.26. The van der Waals surface area contributed by atoms with Crippen LogP contribution >= 0.6 is 0 Å². The van der Waals surface area contributed by atoms with Gasteiger partial charge in [-0.15, -0.1) is 0 Å². The van der Waals surface area contributed by atoms with Crippen LogP contribution in [0.4, 0.5) is 0 Å². The Kier molecular flexibility index (Phi) is 9.12. The van der Waals surface area contributed by atoms with Crippen LogP contribution in [-0.4, -0.2) is 56.8 Å². The Bertz CT molecular complexity index is 656. The zero-order valence-corrected chi connectivity index (χ0v) is 18.7. The molecule has 0 bridgehead atoms. The number of carbonyl (C=O) groups excluding carboxylic acids is 1. The van der Waals surface area contributed by atoms with Crippen molar-refractivity contribution in [3.8, 4) is 17.2 Å². The minimum atomic E-state index is 0.0820. The second-order valence-electron chi connectivity index (χ2n) is 8.46. The van der Waals surface area contributed by atoms with Crippen molar-refractivity contribution in [1.29, 1.82) is 0 Å². The molecule has 1 atom stereocenters. The van der Waals surface area contributed by atoms with Gasteiger partial charge in [0.2, 0.25) is 11.7 Å². The summed E-state index contributed by atoms with van der Waals surface area (Å²) < 4.78 is 17.0. The molecule has 1 saturated heterocycles. The SMILES string of the molecule is CCCCCCCC(=O)NC(Cc1cc(OC)c2c(c1)OCCO2)CN1CCCC1. The highest BCUT2D eigenvalue weighted by Gasteiger charge is 2.23. The lowest BCUT2D eigenvalue weighted by atomic mass is 10.0. The Morgan fingerprint density at radius 3 is 2.67 bits per heavy atom. The molecule has 2 aliphatic rings. The highest BCUT2D eigenvalue weighted by Crippen LogP contribution is 2.40. The van der Waals surface area contributed by atoms with Crippen LogP contribution in [0, 0.1) is 0 Å². The molecule has 1 aromatic rings. The van der Waals surface area contributed by atoms with E-state index in [2.05, 4.69) is 17.1 Å². The van der Waals surface area contributed by atoms with E-state index < -0.39 is 0 Å². The Morgan fingerprint density at radius 1 is 1.13 bits per heavy atom. The fourth-order valence-corrected chi connectivity index (χ4v) is 4.36. The van der Waals surface area contributed by atoms with Crippen LogP contribution in [0.5, 0.6) is 17.2 Å². The van der Waals surface area contributed by atoms with Crippen LogP contribution < -0.4 is 19.5 Å². The van der Waals surface area contributed by atoms with E-state index >= 15 is 0 Å². The summed E-state index contributed by atoms with van der Waals surface area (Å²) in [6.45, 7) is 6.42. The third-order valence-electron chi connectivity index (χ3n) is 5.92. The topological polar surface area (TPSA) is 60.0 Å². The zero-order valence-electron chi connectivity index (χ0n) is 18.7. The summed E-state index contributed by atoms with van der Waals surface area (Å²) in [5.41, 5.74) is 1.10. The van der Waals surface area contributed by atoms with E-state index in [-0.39, 0.29) is 11.9 Å². The number of ether oxygens (including phenoxy) is 3. The molecule has 1 fully saturated rings. The maximum absolute atomic E-state index is 12.6. The van der Waals surface area contributed by atoms with Crippen molar-refractivity contribution in [2.45, 2.75) is 70.8 Å². The van der Waals surface area contributed by atoms with Gasteiger partial charge in [0.05, 0.1) is 7.11 Å². The number of benzene rings is 1. The third-order valence-corrected chi connectivity index (χ3v) is 5.92. The number of nitrogens with one attached hydrogen (secondary N) is 1. The fourth-order valence-electron chi connectivity index (χ4n) is 4.36. The third kappa shape index (κ3) is 6.79. The van der Waals surface area contributed by atoms with Gasteiger partial charge in [-0.05, 0) is 56.5 Å². The zero-order chi connectivity index (χ0) is 21.2. The van der Waals surface area contributed by atoms with Crippen molar-refractivity contribution < 1.29 is 19.0 Å². The van der Waals surface area contributed by atoms with Gasteiger partial charge in [0.15, 0.2) is 11.5 Å². The van der Waals surface area contributed by atoms with E-state index in [0.717, 1.165) is 50.2 Å². The van der Waals surface area contributed by atoms with Crippen molar-refractivity contribution in [3.63, 3.8) is 0 Å². The Morgan fingerprint density at radius 2 is 1.90 bits per heavy atom. The summed E-state index contributed by atoms with van der Waals surface area (Å²) in [7, 11) is 1.65. The van der Waals surface area contributed by atoms with Crippen LogP contribution in [0.15, 0.2) is 12.1 Å². The van der Waals surface area contributed by atoms with Gasteiger partial charge in [-0.25, -0.2) is 0 Å². The number of methoxy groups -OCH3 is 1. The predicted octanol–water partition coefficient (Wildman–Crippen LogP) is 3.95. The number of hydrogen-bond donors (Lipinski definition) is 1. The minimum Gasteiger partial charge on any atom is -0.493 e. The molecule has 2 aliphatic heterocycles. The van der Waals surface area contributed by atoms with Gasteiger partial charge >= 0.3 is 0 Å². The molecule has 1 N–H and O–H groups in total. The number of hydrogen-bond acceptors (Lipinski definition) is 5. The summed E-state index contributed by atoms with van der Waals surface area (Å²) in [6, 6.07) is 4.13. The highest BCUT2D eigenvalue weighted by atomic mass is 16.6. The monoisotopic (exact) mass is 418 g/mol. The summed E-state index contributed by atoms with van der Waals surface area (Å²) in [5, 5.41) is 3.31. The number of fused-ring (bicyclic) bond motifs is 1. The first kappa shape index (κ1) is 22.7. The average molecular weight is 419 g/mol. The Hall–Kier alpha value is -1.95. The van der Waals surface area contributed by atoms with Gasteiger partial charge in [0.1, 0.15) is 13.2 Å². The second kappa shape index (κ2) is 12.0. The summed E-state index contributed by atoms with van der Waals surface area (Å²) in [4.78, 5) is 15.1. The standard InChI is InChI=1S/C24H38N2O4/c1-3-4-5-6-7-10-23(27)25-20(18-26-11-8-9-12-26)15-19-16-21(28-2)24-22(17-19)29-13-14-30-24/h16-17,20H,3-15,18H2,1-2H3,(H,25,27). The first-order chi connectivity index (χ1) is 14.7. The molecule has 1 unspecified atom stereocenters. The summed E-state index contributed by atoms with van der Waals surface area (Å²) in [5.74, 6) is 2.28. The van der Waals surface area contributed by atoms with Crippen LogP contribution in [0.25, 0.3) is 0 Å². The van der Waals surface area contributed by atoms with Crippen molar-refractivity contribution in [3.05, 3.63) is 17.7 Å². The van der Waals surface area contributed by atoms with Crippen molar-refractivity contribution >= 4 is 5.91 Å². The first-order valence-corrected chi connectivity index (χ1v) is 11.7. The highest BCUT2D eigenvalue weighted by molar-refractivity contribution is 5.76. The normalized spacial score (nSPS) is 17.0. The first-order valence-electron chi connectivity index (χ1n) is 11.7. The molecule has 0 spiro atoms. The van der Waals surface area contributed by atoms with Crippen LogP contribution in [-0.2, 0) is 11.2 Å². The molecule has 1 aromatic carbocycles. The van der Waals surface area contributed by atoms with Crippen molar-refractivity contribution in [2.24, 2.45) is 0 Å². The van der Waals surface area contributed by atoms with Gasteiger partial charge in [-0.1, -0.05) is 32.6 Å². The van der Waals surface area contributed by atoms with E-state index in [0.29, 0.717) is 31.1 Å². The molecule has 3 rings (SSSR count). The van der Waals surface area contributed by atoms with E-state index in [1.165, 1.54) is 32.1 Å². The molecule has 0 aromatic heterocycles. The largest absolute Gasteiger partial charge is 0.493 e. The van der Waals surface area contributed by atoms with Crippen molar-refractivity contribution in [1.82, 2.24) is 10.2 Å². The lowest BCUT2D eigenvalue weighted by molar-refractivity contribution is -0.122. The average Bonchev–Trinajstić information content (AvgIpc) is 3.26. The maximum atomic E-state index is 12.6. The number of rotatable bonds is 12. The van der Waals surface area contributed by atoms with E-state index in [4.69, 9.17) is 14.2 Å². The number of amides is 1. The van der Waals surface area contributed by atoms with Gasteiger partial charge in [0.25, 0.3) is 0 Å². The van der Waals surface area contributed by atoms with Gasteiger partial charge in [-0.3, -0.25) is 4.79 Å². The van der Waals surface area contributed by atoms with Crippen LogP contribution in [0.3, 0.4) is 0 Å². The molecule has 0 aliphatic carbocycles. The van der Waals surface area contributed by atoms with Gasteiger partial charge < -0.3 is 24.4 Å². The molecule has 30 heavy (non-hydrogen) atoms. The molecule has 2 heterocycles. The number of likely N-dealkylation sites (tertiary alicyclic amines) is 1. The van der Waals surface area contributed by atoms with Gasteiger partial charge in [0, 0.05) is 19.0 Å².